The normalized spacial score (nSPS) is 14.7. The first-order valence-electron chi connectivity index (χ1n) is 18.8. The molecule has 2 heterocycles. The fourth-order valence-electron chi connectivity index (χ4n) is 8.79. The van der Waals surface area contributed by atoms with Crippen LogP contribution in [0.15, 0.2) is 192 Å². The highest BCUT2D eigenvalue weighted by atomic mass is 16.3. The Kier molecular flexibility index (Phi) is 6.99. The third-order valence-corrected chi connectivity index (χ3v) is 11.6. The summed E-state index contributed by atoms with van der Waals surface area (Å²) in [6.07, 6.45) is 0. The van der Waals surface area contributed by atoms with Crippen molar-refractivity contribution in [1.82, 2.24) is 9.97 Å². The van der Waals surface area contributed by atoms with Crippen LogP contribution >= 0.6 is 0 Å². The average Bonchev–Trinajstić information content (AvgIpc) is 3.75. The largest absolute Gasteiger partial charge is 0.456 e. The Balaban J connectivity index is 1.08. The molecule has 0 fully saturated rings. The highest BCUT2D eigenvalue weighted by molar-refractivity contribution is 6.11. The Bertz CT molecular complexity index is 3110. The Morgan fingerprint density at radius 3 is 1.89 bits per heavy atom. The molecule has 0 saturated carbocycles. The standard InChI is InChI=1S/C52H34N2O/c1-52(39-20-6-3-7-21-39)44-24-11-10-22-40(44)50-41(23-13-25-45(50)52)47-32-46(53-51(54-47)33-14-4-2-5-15-33)38-19-12-18-34(28-38)37-26-27-48-42(30-37)43-29-35-16-8-9-17-36(35)31-49(43)55-48/h2-32H,1H3. The lowest BCUT2D eigenvalue weighted by Crippen LogP contribution is -2.22. The van der Waals surface area contributed by atoms with E-state index < -0.39 is 0 Å². The summed E-state index contributed by atoms with van der Waals surface area (Å²) in [5.41, 5.74) is 15.0. The summed E-state index contributed by atoms with van der Waals surface area (Å²) in [6, 6.07) is 66.9. The summed E-state index contributed by atoms with van der Waals surface area (Å²) in [6.45, 7) is 2.36. The SMILES string of the molecule is CC1(c2ccccc2)c2ccccc2-c2c(-c3cc(-c4cccc(-c5ccc6oc7cc8ccccc8cc7c6c5)c4)nc(-c4ccccc4)n3)cccc21. The van der Waals surface area contributed by atoms with Gasteiger partial charge in [-0.3, -0.25) is 0 Å². The average molecular weight is 703 g/mol. The van der Waals surface area contributed by atoms with Gasteiger partial charge in [-0.05, 0) is 93.0 Å². The molecule has 258 valence electrons. The van der Waals surface area contributed by atoms with E-state index in [1.807, 2.05) is 18.2 Å². The molecule has 2 aromatic heterocycles. The van der Waals surface area contributed by atoms with Crippen molar-refractivity contribution in [1.29, 1.82) is 0 Å². The smallest absolute Gasteiger partial charge is 0.160 e. The fourth-order valence-corrected chi connectivity index (χ4v) is 8.79. The van der Waals surface area contributed by atoms with Gasteiger partial charge >= 0.3 is 0 Å². The first-order chi connectivity index (χ1) is 27.1. The minimum absolute atomic E-state index is 0.301. The first kappa shape index (κ1) is 31.4. The number of nitrogens with zero attached hydrogens (tertiary/aromatic N) is 2. The minimum atomic E-state index is -0.301. The molecule has 0 bridgehead atoms. The van der Waals surface area contributed by atoms with E-state index in [0.29, 0.717) is 5.82 Å². The van der Waals surface area contributed by atoms with E-state index in [2.05, 4.69) is 177 Å². The monoisotopic (exact) mass is 702 g/mol. The molecule has 0 saturated heterocycles. The third-order valence-electron chi connectivity index (χ3n) is 11.6. The zero-order valence-electron chi connectivity index (χ0n) is 30.2. The van der Waals surface area contributed by atoms with Gasteiger partial charge < -0.3 is 4.42 Å². The number of hydrogen-bond donors (Lipinski definition) is 0. The molecule has 1 atom stereocenters. The van der Waals surface area contributed by atoms with Gasteiger partial charge in [0.25, 0.3) is 0 Å². The molecule has 0 spiro atoms. The molecule has 11 rings (SSSR count). The van der Waals surface area contributed by atoms with Crippen LogP contribution in [-0.4, -0.2) is 9.97 Å². The number of rotatable bonds is 5. The lowest BCUT2D eigenvalue weighted by atomic mass is 9.74. The van der Waals surface area contributed by atoms with Gasteiger partial charge in [0.1, 0.15) is 11.2 Å². The van der Waals surface area contributed by atoms with Crippen LogP contribution in [0, 0.1) is 0 Å². The Morgan fingerprint density at radius 2 is 1.04 bits per heavy atom. The van der Waals surface area contributed by atoms with Gasteiger partial charge in [-0.25, -0.2) is 9.97 Å². The van der Waals surface area contributed by atoms with E-state index in [4.69, 9.17) is 14.4 Å². The fraction of sp³-hybridized carbons (Fsp3) is 0.0385. The molecule has 1 aliphatic carbocycles. The summed E-state index contributed by atoms with van der Waals surface area (Å²) in [4.78, 5) is 10.5. The predicted octanol–water partition coefficient (Wildman–Crippen LogP) is 13.5. The lowest BCUT2D eigenvalue weighted by molar-refractivity contribution is 0.669. The van der Waals surface area contributed by atoms with Gasteiger partial charge in [0.05, 0.1) is 11.4 Å². The minimum Gasteiger partial charge on any atom is -0.456 e. The lowest BCUT2D eigenvalue weighted by Gasteiger charge is -2.28. The molecule has 3 heteroatoms. The second kappa shape index (κ2) is 12.2. The van der Waals surface area contributed by atoms with Gasteiger partial charge in [0.15, 0.2) is 5.82 Å². The molecule has 1 unspecified atom stereocenters. The van der Waals surface area contributed by atoms with Crippen molar-refractivity contribution in [3.8, 4) is 56.2 Å². The van der Waals surface area contributed by atoms with E-state index in [1.54, 1.807) is 0 Å². The maximum absolute atomic E-state index is 6.33. The molecule has 8 aromatic carbocycles. The molecule has 3 nitrogen and oxygen atoms in total. The number of hydrogen-bond acceptors (Lipinski definition) is 3. The van der Waals surface area contributed by atoms with Crippen molar-refractivity contribution >= 4 is 32.7 Å². The van der Waals surface area contributed by atoms with E-state index in [-0.39, 0.29) is 5.41 Å². The molecule has 55 heavy (non-hydrogen) atoms. The van der Waals surface area contributed by atoms with Crippen LogP contribution in [-0.2, 0) is 5.41 Å². The Morgan fingerprint density at radius 1 is 0.418 bits per heavy atom. The van der Waals surface area contributed by atoms with Gasteiger partial charge in [-0.1, -0.05) is 152 Å². The van der Waals surface area contributed by atoms with Crippen LogP contribution in [0.25, 0.3) is 88.9 Å². The molecule has 10 aromatic rings. The van der Waals surface area contributed by atoms with Crippen LogP contribution in [0.2, 0.25) is 0 Å². The summed E-state index contributed by atoms with van der Waals surface area (Å²) >= 11 is 0. The molecule has 0 aliphatic heterocycles. The van der Waals surface area contributed by atoms with E-state index >= 15 is 0 Å². The summed E-state index contributed by atoms with van der Waals surface area (Å²) in [5.74, 6) is 0.701. The second-order valence-electron chi connectivity index (χ2n) is 14.7. The van der Waals surface area contributed by atoms with Crippen LogP contribution in [0.4, 0.5) is 0 Å². The van der Waals surface area contributed by atoms with Crippen molar-refractivity contribution < 1.29 is 4.42 Å². The van der Waals surface area contributed by atoms with Crippen molar-refractivity contribution in [3.05, 3.63) is 205 Å². The molecule has 0 radical (unpaired) electrons. The zero-order chi connectivity index (χ0) is 36.5. The van der Waals surface area contributed by atoms with E-state index in [9.17, 15) is 0 Å². The van der Waals surface area contributed by atoms with Crippen LogP contribution in [0.5, 0.6) is 0 Å². The first-order valence-corrected chi connectivity index (χ1v) is 18.8. The van der Waals surface area contributed by atoms with Crippen molar-refractivity contribution in [2.45, 2.75) is 12.3 Å². The highest BCUT2D eigenvalue weighted by Crippen LogP contribution is 2.55. The Labute approximate surface area is 319 Å². The maximum Gasteiger partial charge on any atom is 0.160 e. The topological polar surface area (TPSA) is 38.9 Å². The van der Waals surface area contributed by atoms with Gasteiger partial charge in [0.2, 0.25) is 0 Å². The number of fused-ring (bicyclic) bond motifs is 7. The van der Waals surface area contributed by atoms with Crippen molar-refractivity contribution in [2.75, 3.05) is 0 Å². The summed E-state index contributed by atoms with van der Waals surface area (Å²) < 4.78 is 6.33. The highest BCUT2D eigenvalue weighted by Gasteiger charge is 2.41. The van der Waals surface area contributed by atoms with Crippen molar-refractivity contribution in [2.24, 2.45) is 0 Å². The molecule has 0 N–H and O–H groups in total. The summed E-state index contributed by atoms with van der Waals surface area (Å²) in [5, 5.41) is 4.62. The quantitative estimate of drug-likeness (QED) is 0.179. The second-order valence-corrected chi connectivity index (χ2v) is 14.7. The number of aromatic nitrogens is 2. The van der Waals surface area contributed by atoms with Crippen LogP contribution in [0.3, 0.4) is 0 Å². The van der Waals surface area contributed by atoms with Crippen LogP contribution in [0.1, 0.15) is 23.6 Å². The van der Waals surface area contributed by atoms with Gasteiger partial charge in [0, 0.05) is 32.9 Å². The van der Waals surface area contributed by atoms with Crippen molar-refractivity contribution in [3.63, 3.8) is 0 Å². The van der Waals surface area contributed by atoms with Crippen LogP contribution < -0.4 is 0 Å². The molecule has 0 amide bonds. The van der Waals surface area contributed by atoms with Gasteiger partial charge in [-0.2, -0.15) is 0 Å². The Hall–Kier alpha value is -7.10. The van der Waals surface area contributed by atoms with E-state index in [1.165, 1.54) is 38.6 Å². The van der Waals surface area contributed by atoms with Gasteiger partial charge in [-0.15, -0.1) is 0 Å². The van der Waals surface area contributed by atoms with E-state index in [0.717, 1.165) is 61.1 Å². The third kappa shape index (κ3) is 4.97. The molecular formula is C52H34N2O. The number of furan rings is 1. The number of benzene rings is 8. The zero-order valence-corrected chi connectivity index (χ0v) is 30.2. The molecular weight excluding hydrogens is 669 g/mol. The maximum atomic E-state index is 6.33. The summed E-state index contributed by atoms with van der Waals surface area (Å²) in [7, 11) is 0. The molecule has 1 aliphatic rings. The predicted molar refractivity (Wildman–Crippen MR) is 226 cm³/mol.